The molecular formula is C20H28N4O2S. The van der Waals surface area contributed by atoms with Crippen LogP contribution in [0.5, 0.6) is 0 Å². The number of rotatable bonds is 5. The van der Waals surface area contributed by atoms with Gasteiger partial charge in [0.25, 0.3) is 10.0 Å². The zero-order chi connectivity index (χ0) is 19.5. The molecule has 1 aromatic heterocycles. The summed E-state index contributed by atoms with van der Waals surface area (Å²) in [6.07, 6.45) is 6.04. The third kappa shape index (κ3) is 5.19. The van der Waals surface area contributed by atoms with Gasteiger partial charge in [0.2, 0.25) is 0 Å². The molecule has 1 aliphatic carbocycles. The lowest BCUT2D eigenvalue weighted by Gasteiger charge is -2.22. The van der Waals surface area contributed by atoms with Crippen molar-refractivity contribution in [2.45, 2.75) is 69.2 Å². The van der Waals surface area contributed by atoms with Crippen LogP contribution in [0.2, 0.25) is 0 Å². The number of benzene rings is 1. The Balaban J connectivity index is 1.66. The van der Waals surface area contributed by atoms with Crippen molar-refractivity contribution in [2.75, 3.05) is 10.0 Å². The Hall–Kier alpha value is -2.15. The second-order valence-electron chi connectivity index (χ2n) is 8.16. The summed E-state index contributed by atoms with van der Waals surface area (Å²) in [5.74, 6) is 0.892. The number of sulfonamides is 1. The van der Waals surface area contributed by atoms with Gasteiger partial charge in [0.05, 0.1) is 4.90 Å². The maximum absolute atomic E-state index is 12.6. The summed E-state index contributed by atoms with van der Waals surface area (Å²) < 4.78 is 27.6. The molecule has 6 nitrogen and oxygen atoms in total. The van der Waals surface area contributed by atoms with Crippen LogP contribution in [0.1, 0.15) is 58.4 Å². The molecule has 146 valence electrons. The summed E-state index contributed by atoms with van der Waals surface area (Å²) in [6, 6.07) is 10.8. The molecule has 0 spiro atoms. The van der Waals surface area contributed by atoms with Gasteiger partial charge in [-0.1, -0.05) is 52.2 Å². The Morgan fingerprint density at radius 1 is 0.889 bits per heavy atom. The molecule has 1 fully saturated rings. The van der Waals surface area contributed by atoms with Crippen molar-refractivity contribution in [2.24, 2.45) is 0 Å². The van der Waals surface area contributed by atoms with E-state index >= 15 is 0 Å². The average molecular weight is 389 g/mol. The molecule has 1 saturated carbocycles. The molecule has 0 unspecified atom stereocenters. The van der Waals surface area contributed by atoms with E-state index in [1.807, 2.05) is 12.1 Å². The van der Waals surface area contributed by atoms with E-state index in [0.717, 1.165) is 18.4 Å². The van der Waals surface area contributed by atoms with Crippen molar-refractivity contribution >= 4 is 21.7 Å². The summed E-state index contributed by atoms with van der Waals surface area (Å²) in [7, 11) is -3.69. The third-order valence-corrected chi connectivity index (χ3v) is 6.26. The van der Waals surface area contributed by atoms with Crippen LogP contribution >= 0.6 is 0 Å². The van der Waals surface area contributed by atoms with Crippen molar-refractivity contribution in [3.63, 3.8) is 0 Å². The molecule has 1 aromatic carbocycles. The van der Waals surface area contributed by atoms with Crippen LogP contribution < -0.4 is 10.0 Å². The number of aromatic nitrogens is 2. The molecule has 0 atom stereocenters. The highest BCUT2D eigenvalue weighted by Crippen LogP contribution is 2.24. The molecule has 3 rings (SSSR count). The van der Waals surface area contributed by atoms with Crippen LogP contribution in [-0.2, 0) is 15.4 Å². The summed E-state index contributed by atoms with van der Waals surface area (Å²) in [5.41, 5.74) is 1.06. The average Bonchev–Trinajstić information content (AvgIpc) is 2.63. The Kier molecular flexibility index (Phi) is 5.69. The molecule has 0 amide bonds. The lowest BCUT2D eigenvalue weighted by molar-refractivity contribution is 0.461. The normalized spacial score (nSPS) is 16.1. The summed E-state index contributed by atoms with van der Waals surface area (Å²) >= 11 is 0. The van der Waals surface area contributed by atoms with Crippen molar-refractivity contribution < 1.29 is 8.42 Å². The Bertz CT molecular complexity index is 850. The van der Waals surface area contributed by atoms with E-state index in [1.165, 1.54) is 19.3 Å². The number of anilines is 2. The number of nitrogens with zero attached hydrogens (tertiary/aromatic N) is 2. The zero-order valence-electron chi connectivity index (χ0n) is 16.2. The van der Waals surface area contributed by atoms with Crippen LogP contribution in [0.4, 0.5) is 11.6 Å². The van der Waals surface area contributed by atoms with Crippen molar-refractivity contribution in [3.05, 3.63) is 42.0 Å². The number of hydrogen-bond acceptors (Lipinski definition) is 5. The predicted molar refractivity (Wildman–Crippen MR) is 108 cm³/mol. The first-order chi connectivity index (χ1) is 12.7. The van der Waals surface area contributed by atoms with Gasteiger partial charge in [0.15, 0.2) is 5.82 Å². The fraction of sp³-hybridized carbons (Fsp3) is 0.500. The maximum atomic E-state index is 12.6. The van der Waals surface area contributed by atoms with Crippen molar-refractivity contribution in [3.8, 4) is 0 Å². The van der Waals surface area contributed by atoms with E-state index in [0.29, 0.717) is 11.9 Å². The van der Waals surface area contributed by atoms with E-state index in [4.69, 9.17) is 0 Å². The lowest BCUT2D eigenvalue weighted by Crippen LogP contribution is -2.23. The SMILES string of the molecule is CC(C)(C)c1ccc(S(=O)(=O)Nc2ccc(NC3CCCCC3)nn2)cc1. The molecular weight excluding hydrogens is 360 g/mol. The van der Waals surface area contributed by atoms with Gasteiger partial charge >= 0.3 is 0 Å². The smallest absolute Gasteiger partial charge is 0.263 e. The molecule has 27 heavy (non-hydrogen) atoms. The van der Waals surface area contributed by atoms with Gasteiger partial charge in [-0.25, -0.2) is 8.42 Å². The van der Waals surface area contributed by atoms with Gasteiger partial charge in [-0.15, -0.1) is 10.2 Å². The summed E-state index contributed by atoms with van der Waals surface area (Å²) in [4.78, 5) is 0.210. The van der Waals surface area contributed by atoms with Gasteiger partial charge in [0.1, 0.15) is 5.82 Å². The topological polar surface area (TPSA) is 84.0 Å². The van der Waals surface area contributed by atoms with Gasteiger partial charge < -0.3 is 5.32 Å². The molecule has 2 N–H and O–H groups in total. The van der Waals surface area contributed by atoms with Gasteiger partial charge in [-0.3, -0.25) is 4.72 Å². The van der Waals surface area contributed by atoms with Crippen LogP contribution in [-0.4, -0.2) is 24.7 Å². The molecule has 0 aliphatic heterocycles. The largest absolute Gasteiger partial charge is 0.366 e. The predicted octanol–water partition coefficient (Wildman–Crippen LogP) is 4.32. The summed E-state index contributed by atoms with van der Waals surface area (Å²) in [6.45, 7) is 6.27. The van der Waals surface area contributed by atoms with E-state index in [-0.39, 0.29) is 16.1 Å². The second kappa shape index (κ2) is 7.84. The van der Waals surface area contributed by atoms with Gasteiger partial charge in [-0.05, 0) is 48.1 Å². The Morgan fingerprint density at radius 2 is 1.48 bits per heavy atom. The first-order valence-electron chi connectivity index (χ1n) is 9.48. The first-order valence-corrected chi connectivity index (χ1v) is 11.0. The lowest BCUT2D eigenvalue weighted by atomic mass is 9.87. The van der Waals surface area contributed by atoms with Crippen molar-refractivity contribution in [1.82, 2.24) is 10.2 Å². The molecule has 0 bridgehead atoms. The Morgan fingerprint density at radius 3 is 2.04 bits per heavy atom. The fourth-order valence-electron chi connectivity index (χ4n) is 3.25. The molecule has 2 aromatic rings. The quantitative estimate of drug-likeness (QED) is 0.797. The second-order valence-corrected chi connectivity index (χ2v) is 9.85. The molecule has 7 heteroatoms. The van der Waals surface area contributed by atoms with E-state index in [2.05, 4.69) is 41.0 Å². The van der Waals surface area contributed by atoms with Crippen LogP contribution in [0.25, 0.3) is 0 Å². The fourth-order valence-corrected chi connectivity index (χ4v) is 4.25. The van der Waals surface area contributed by atoms with Crippen LogP contribution in [0, 0.1) is 0 Å². The van der Waals surface area contributed by atoms with Gasteiger partial charge in [0, 0.05) is 6.04 Å². The van der Waals surface area contributed by atoms with E-state index < -0.39 is 10.0 Å². The van der Waals surface area contributed by atoms with E-state index in [1.54, 1.807) is 24.3 Å². The highest BCUT2D eigenvalue weighted by Gasteiger charge is 2.19. The standard InChI is InChI=1S/C20H28N4O2S/c1-20(2,3)15-9-11-17(12-10-15)27(25,26)24-19-14-13-18(22-23-19)21-16-7-5-4-6-8-16/h9-14,16H,4-8H2,1-3H3,(H,21,22)(H,23,24). The van der Waals surface area contributed by atoms with Crippen molar-refractivity contribution in [1.29, 1.82) is 0 Å². The minimum atomic E-state index is -3.69. The van der Waals surface area contributed by atoms with Crippen LogP contribution in [0.15, 0.2) is 41.3 Å². The highest BCUT2D eigenvalue weighted by atomic mass is 32.2. The monoisotopic (exact) mass is 388 g/mol. The minimum Gasteiger partial charge on any atom is -0.366 e. The zero-order valence-corrected chi connectivity index (χ0v) is 17.0. The number of hydrogen-bond donors (Lipinski definition) is 2. The third-order valence-electron chi connectivity index (χ3n) is 4.89. The maximum Gasteiger partial charge on any atom is 0.263 e. The number of nitrogens with one attached hydrogen (secondary N) is 2. The molecule has 0 radical (unpaired) electrons. The highest BCUT2D eigenvalue weighted by molar-refractivity contribution is 7.92. The molecule has 0 saturated heterocycles. The van der Waals surface area contributed by atoms with Gasteiger partial charge in [-0.2, -0.15) is 0 Å². The first kappa shape index (κ1) is 19.6. The Labute approximate surface area is 161 Å². The molecule has 1 aliphatic rings. The molecule has 1 heterocycles. The summed E-state index contributed by atoms with van der Waals surface area (Å²) in [5, 5.41) is 11.5. The minimum absolute atomic E-state index is 0.0254. The van der Waals surface area contributed by atoms with E-state index in [9.17, 15) is 8.42 Å². The van der Waals surface area contributed by atoms with Crippen LogP contribution in [0.3, 0.4) is 0 Å².